The molecule has 1 N–H and O–H groups in total. The molecule has 0 bridgehead atoms. The summed E-state index contributed by atoms with van der Waals surface area (Å²) >= 11 is 1.41. The Morgan fingerprint density at radius 1 is 1.25 bits per heavy atom. The van der Waals surface area contributed by atoms with Gasteiger partial charge in [0.05, 0.1) is 36.8 Å². The minimum atomic E-state index is -2.85. The van der Waals surface area contributed by atoms with E-state index in [9.17, 15) is 18.0 Å². The fraction of sp³-hybridized carbons (Fsp3) is 0.625. The minimum Gasteiger partial charge on any atom is -0.331 e. The molecule has 1 amide bonds. The number of thiophene rings is 1. The number of rotatable bonds is 5. The number of amides is 1. The lowest BCUT2D eigenvalue weighted by atomic mass is 10.1. The van der Waals surface area contributed by atoms with Crippen molar-refractivity contribution in [3.63, 3.8) is 0 Å². The van der Waals surface area contributed by atoms with E-state index in [0.717, 1.165) is 19.5 Å². The molecule has 0 aromatic carbocycles. The van der Waals surface area contributed by atoms with Gasteiger partial charge in [-0.2, -0.15) is 0 Å². The van der Waals surface area contributed by atoms with Gasteiger partial charge in [0.25, 0.3) is 0 Å². The fourth-order valence-electron chi connectivity index (χ4n) is 3.51. The number of hydrogen-bond acceptors (Lipinski definition) is 5. The first-order valence-electron chi connectivity index (χ1n) is 8.34. The van der Waals surface area contributed by atoms with E-state index in [4.69, 9.17) is 0 Å². The van der Waals surface area contributed by atoms with Gasteiger partial charge in [-0.25, -0.2) is 8.42 Å². The van der Waals surface area contributed by atoms with Crippen molar-refractivity contribution in [3.05, 3.63) is 22.4 Å². The Morgan fingerprint density at radius 3 is 2.58 bits per heavy atom. The van der Waals surface area contributed by atoms with Gasteiger partial charge in [0.2, 0.25) is 5.91 Å². The van der Waals surface area contributed by atoms with E-state index in [1.165, 1.54) is 16.2 Å². The van der Waals surface area contributed by atoms with E-state index in [-0.39, 0.29) is 36.3 Å². The van der Waals surface area contributed by atoms with Gasteiger partial charge in [-0.05, 0) is 11.4 Å². The van der Waals surface area contributed by atoms with Gasteiger partial charge >= 0.3 is 0 Å². The fourth-order valence-corrected chi connectivity index (χ4v) is 6.03. The highest BCUT2D eigenvalue weighted by Gasteiger charge is 2.37. The van der Waals surface area contributed by atoms with Crippen LogP contribution in [0.3, 0.4) is 0 Å². The summed E-state index contributed by atoms with van der Waals surface area (Å²) in [6.45, 7) is 2.89. The molecule has 0 unspecified atom stereocenters. The quantitative estimate of drug-likeness (QED) is 0.717. The molecule has 1 aromatic heterocycles. The topological polar surface area (TPSA) is 76.0 Å². The number of Topliss-reactive ketones (excluding diaryl/α,β-unsaturated/α-hetero) is 1. The van der Waals surface area contributed by atoms with E-state index in [1.54, 1.807) is 6.07 Å². The standard InChI is InChI=1S/C16H22N2O4S2/c19-14(15-2-1-10-23-15)3-4-16(20)18-8-6-17(7-9-18)13-5-11-24(21,22)12-13/h1-2,10,13H,3-9,11-12H2/p+1/t13-/m1/s1. The average molecular weight is 372 g/mol. The number of piperazine rings is 1. The Kier molecular flexibility index (Phi) is 5.36. The maximum Gasteiger partial charge on any atom is 0.223 e. The molecule has 0 spiro atoms. The van der Waals surface area contributed by atoms with Crippen LogP contribution in [0.15, 0.2) is 17.5 Å². The van der Waals surface area contributed by atoms with Crippen molar-refractivity contribution >= 4 is 32.9 Å². The zero-order valence-corrected chi connectivity index (χ0v) is 15.2. The summed E-state index contributed by atoms with van der Waals surface area (Å²) < 4.78 is 23.2. The van der Waals surface area contributed by atoms with Crippen LogP contribution in [0.25, 0.3) is 0 Å². The van der Waals surface area contributed by atoms with Crippen molar-refractivity contribution in [3.8, 4) is 0 Å². The van der Waals surface area contributed by atoms with Gasteiger partial charge in [-0.15, -0.1) is 11.3 Å². The Labute approximate surface area is 146 Å². The average Bonchev–Trinajstić information content (AvgIpc) is 3.22. The first-order chi connectivity index (χ1) is 11.4. The number of hydrogen-bond donors (Lipinski definition) is 1. The lowest BCUT2D eigenvalue weighted by molar-refractivity contribution is -0.925. The zero-order chi connectivity index (χ0) is 17.2. The summed E-state index contributed by atoms with van der Waals surface area (Å²) in [6.07, 6.45) is 1.25. The van der Waals surface area contributed by atoms with Crippen molar-refractivity contribution in [2.75, 3.05) is 37.7 Å². The van der Waals surface area contributed by atoms with Gasteiger partial charge in [0.1, 0.15) is 11.8 Å². The SMILES string of the molecule is O=C(CCC(=O)N1CC[NH+]([C@@H]2CCS(=O)(=O)C2)CC1)c1cccs1. The molecule has 3 rings (SSSR count). The molecule has 6 nitrogen and oxygen atoms in total. The van der Waals surface area contributed by atoms with Gasteiger partial charge in [-0.1, -0.05) is 6.07 Å². The first kappa shape index (κ1) is 17.6. The van der Waals surface area contributed by atoms with Crippen LogP contribution in [0, 0.1) is 0 Å². The van der Waals surface area contributed by atoms with E-state index < -0.39 is 9.84 Å². The van der Waals surface area contributed by atoms with Crippen molar-refractivity contribution in [2.45, 2.75) is 25.3 Å². The molecule has 1 aromatic rings. The molecular weight excluding hydrogens is 348 g/mol. The predicted octanol–water partition coefficient (Wildman–Crippen LogP) is -0.375. The van der Waals surface area contributed by atoms with E-state index in [0.29, 0.717) is 23.7 Å². The first-order valence-corrected chi connectivity index (χ1v) is 11.0. The van der Waals surface area contributed by atoms with E-state index in [2.05, 4.69) is 0 Å². The Morgan fingerprint density at radius 2 is 2.00 bits per heavy atom. The summed E-state index contributed by atoms with van der Waals surface area (Å²) in [5.74, 6) is 0.636. The molecular formula is C16H23N2O4S2+. The summed E-state index contributed by atoms with van der Waals surface area (Å²) in [5.41, 5.74) is 0. The number of nitrogens with zero attached hydrogens (tertiary/aromatic N) is 1. The number of quaternary nitrogens is 1. The second-order valence-electron chi connectivity index (χ2n) is 6.54. The molecule has 8 heteroatoms. The highest BCUT2D eigenvalue weighted by Crippen LogP contribution is 2.13. The maximum atomic E-state index is 12.3. The summed E-state index contributed by atoms with van der Waals surface area (Å²) in [6, 6.07) is 3.81. The van der Waals surface area contributed by atoms with Crippen molar-refractivity contribution < 1.29 is 22.9 Å². The maximum absolute atomic E-state index is 12.3. The third-order valence-electron chi connectivity index (χ3n) is 4.93. The van der Waals surface area contributed by atoms with Crippen LogP contribution >= 0.6 is 11.3 Å². The molecule has 2 aliphatic rings. The zero-order valence-electron chi connectivity index (χ0n) is 13.6. The highest BCUT2D eigenvalue weighted by molar-refractivity contribution is 7.91. The second-order valence-corrected chi connectivity index (χ2v) is 9.72. The van der Waals surface area contributed by atoms with Crippen LogP contribution in [-0.4, -0.2) is 68.7 Å². The van der Waals surface area contributed by atoms with Crippen LogP contribution < -0.4 is 4.90 Å². The molecule has 2 saturated heterocycles. The number of carbonyl (C=O) groups excluding carboxylic acids is 2. The van der Waals surface area contributed by atoms with Crippen LogP contribution in [-0.2, 0) is 14.6 Å². The predicted molar refractivity (Wildman–Crippen MR) is 92.2 cm³/mol. The Balaban J connectivity index is 1.43. The highest BCUT2D eigenvalue weighted by atomic mass is 32.2. The lowest BCUT2D eigenvalue weighted by Crippen LogP contribution is -3.18. The van der Waals surface area contributed by atoms with Crippen molar-refractivity contribution in [2.24, 2.45) is 0 Å². The summed E-state index contributed by atoms with van der Waals surface area (Å²) in [5, 5.41) is 1.86. The number of nitrogens with one attached hydrogen (secondary N) is 1. The molecule has 2 fully saturated rings. The van der Waals surface area contributed by atoms with Crippen molar-refractivity contribution in [1.82, 2.24) is 4.90 Å². The Hall–Kier alpha value is -1.25. The lowest BCUT2D eigenvalue weighted by Gasteiger charge is -2.35. The largest absolute Gasteiger partial charge is 0.331 e. The van der Waals surface area contributed by atoms with Crippen LogP contribution in [0.4, 0.5) is 0 Å². The van der Waals surface area contributed by atoms with E-state index >= 15 is 0 Å². The van der Waals surface area contributed by atoms with Crippen molar-refractivity contribution in [1.29, 1.82) is 0 Å². The third-order valence-corrected chi connectivity index (χ3v) is 7.61. The van der Waals surface area contributed by atoms with Crippen LogP contribution in [0.1, 0.15) is 28.9 Å². The van der Waals surface area contributed by atoms with Crippen LogP contribution in [0.5, 0.6) is 0 Å². The monoisotopic (exact) mass is 371 g/mol. The molecule has 3 heterocycles. The molecule has 1 atom stereocenters. The normalized spacial score (nSPS) is 24.2. The molecule has 24 heavy (non-hydrogen) atoms. The van der Waals surface area contributed by atoms with Gasteiger partial charge in [-0.3, -0.25) is 9.59 Å². The van der Waals surface area contributed by atoms with Gasteiger partial charge in [0.15, 0.2) is 15.6 Å². The molecule has 2 aliphatic heterocycles. The van der Waals surface area contributed by atoms with Crippen LogP contribution in [0.2, 0.25) is 0 Å². The summed E-state index contributed by atoms with van der Waals surface area (Å²) in [7, 11) is -2.85. The number of sulfone groups is 1. The summed E-state index contributed by atoms with van der Waals surface area (Å²) in [4.78, 5) is 28.1. The molecule has 0 radical (unpaired) electrons. The molecule has 0 saturated carbocycles. The number of carbonyl (C=O) groups is 2. The molecule has 0 aliphatic carbocycles. The Bertz CT molecular complexity index is 692. The van der Waals surface area contributed by atoms with Gasteiger partial charge in [0, 0.05) is 19.3 Å². The number of ketones is 1. The minimum absolute atomic E-state index is 0.0259. The molecule has 132 valence electrons. The van der Waals surface area contributed by atoms with E-state index in [1.807, 2.05) is 16.3 Å². The smallest absolute Gasteiger partial charge is 0.223 e. The van der Waals surface area contributed by atoms with Gasteiger partial charge < -0.3 is 9.80 Å². The third kappa shape index (κ3) is 4.23. The second kappa shape index (κ2) is 7.33.